The van der Waals surface area contributed by atoms with Crippen LogP contribution in [0.3, 0.4) is 0 Å². The van der Waals surface area contributed by atoms with Gasteiger partial charge in [-0.25, -0.2) is 4.79 Å². The number of hydrogen-bond donors (Lipinski definition) is 8. The second kappa shape index (κ2) is 47.9. The molecule has 6 atom stereocenters. The van der Waals surface area contributed by atoms with E-state index in [0.29, 0.717) is 50.5 Å². The van der Waals surface area contributed by atoms with Gasteiger partial charge in [-0.05, 0) is 177 Å². The minimum Gasteiger partial charge on any atom is -0.481 e. The number of benzene rings is 5. The molecule has 0 saturated carbocycles. The van der Waals surface area contributed by atoms with Gasteiger partial charge in [-0.15, -0.1) is 11.8 Å². The van der Waals surface area contributed by atoms with Crippen molar-refractivity contribution in [3.63, 3.8) is 0 Å². The fourth-order valence-electron chi connectivity index (χ4n) is 9.75. The van der Waals surface area contributed by atoms with Crippen molar-refractivity contribution in [3.05, 3.63) is 206 Å². The molecule has 18 nitrogen and oxygen atoms in total. The molecular weight excluding hydrogens is 1340 g/mol. The quantitative estimate of drug-likeness (QED) is 0.0276. The van der Waals surface area contributed by atoms with Gasteiger partial charge in [0.1, 0.15) is 6.04 Å². The minimum absolute atomic E-state index is 0.130. The van der Waals surface area contributed by atoms with Crippen molar-refractivity contribution in [3.8, 4) is 0 Å². The minimum atomic E-state index is -0.845. The molecule has 8 rings (SSSR count). The van der Waals surface area contributed by atoms with Crippen molar-refractivity contribution in [1.82, 2.24) is 9.88 Å². The molecule has 1 aromatic heterocycles. The van der Waals surface area contributed by atoms with Crippen LogP contribution in [0, 0.1) is 46.0 Å². The smallest absolute Gasteiger partial charge is 0.335 e. The Morgan fingerprint density at radius 3 is 1.31 bits per heavy atom. The van der Waals surface area contributed by atoms with Crippen molar-refractivity contribution < 1.29 is 79.2 Å². The molecule has 2 heterocycles. The molecular formula is C75H99IN2O16S. The zero-order valence-corrected chi connectivity index (χ0v) is 59.5. The Morgan fingerprint density at radius 2 is 0.958 bits per heavy atom. The number of pyridine rings is 1. The van der Waals surface area contributed by atoms with Gasteiger partial charge >= 0.3 is 47.8 Å². The van der Waals surface area contributed by atoms with E-state index in [9.17, 15) is 38.4 Å². The molecule has 1 aliphatic carbocycles. The van der Waals surface area contributed by atoms with Gasteiger partial charge in [0.2, 0.25) is 0 Å². The number of thioether (sulfide) groups is 1. The van der Waals surface area contributed by atoms with Crippen LogP contribution in [0.2, 0.25) is 0 Å². The summed E-state index contributed by atoms with van der Waals surface area (Å²) in [6.07, 6.45) is 10.2. The molecule has 1 fully saturated rings. The van der Waals surface area contributed by atoms with Crippen LogP contribution in [0.4, 0.5) is 0 Å². The third kappa shape index (κ3) is 33.8. The van der Waals surface area contributed by atoms with E-state index in [1.165, 1.54) is 20.3 Å². The summed E-state index contributed by atoms with van der Waals surface area (Å²) in [5, 5.41) is 69.9. The van der Waals surface area contributed by atoms with Gasteiger partial charge in [-0.2, -0.15) is 0 Å². The Kier molecular flexibility index (Phi) is 42.8. The Bertz CT molecular complexity index is 3130. The van der Waals surface area contributed by atoms with Crippen LogP contribution in [-0.2, 0) is 72.1 Å². The maximum atomic E-state index is 10.8. The summed E-state index contributed by atoms with van der Waals surface area (Å²) >= 11 is 3.90. The van der Waals surface area contributed by atoms with E-state index in [2.05, 4.69) is 39.7 Å². The van der Waals surface area contributed by atoms with Gasteiger partial charge in [0.05, 0.1) is 41.1 Å². The summed E-state index contributed by atoms with van der Waals surface area (Å²) in [6, 6.07) is 45.9. The fourth-order valence-corrected chi connectivity index (χ4v) is 11.3. The average Bonchev–Trinajstić information content (AvgIpc) is 1.71. The van der Waals surface area contributed by atoms with E-state index in [4.69, 9.17) is 40.9 Å². The third-order valence-electron chi connectivity index (χ3n) is 16.1. The van der Waals surface area contributed by atoms with Crippen LogP contribution < -0.4 is 0 Å². The van der Waals surface area contributed by atoms with Crippen LogP contribution in [0.1, 0.15) is 155 Å². The zero-order valence-electron chi connectivity index (χ0n) is 56.5. The fraction of sp³-hybridized carbons (Fsp3) is 0.427. The lowest BCUT2D eigenvalue weighted by atomic mass is 9.91. The molecule has 95 heavy (non-hydrogen) atoms. The molecule has 8 N–H and O–H groups in total. The van der Waals surface area contributed by atoms with Gasteiger partial charge in [-0.3, -0.25) is 43.4 Å². The lowest BCUT2D eigenvalue weighted by molar-refractivity contribution is -0.143. The largest absolute Gasteiger partial charge is 0.481 e. The first-order valence-electron chi connectivity index (χ1n) is 32.1. The third-order valence-corrected chi connectivity index (χ3v) is 18.0. The number of rotatable bonds is 23. The van der Waals surface area contributed by atoms with E-state index < -0.39 is 47.8 Å². The maximum Gasteiger partial charge on any atom is 0.335 e. The van der Waals surface area contributed by atoms with E-state index in [-0.39, 0.29) is 47.5 Å². The normalized spacial score (nSPS) is 14.2. The first-order chi connectivity index (χ1) is 45.1. The van der Waals surface area contributed by atoms with Gasteiger partial charge in [0, 0.05) is 33.5 Å². The summed E-state index contributed by atoms with van der Waals surface area (Å²) in [6.45, 7) is 17.1. The highest BCUT2D eigenvalue weighted by atomic mass is 127. The van der Waals surface area contributed by atoms with Crippen LogP contribution >= 0.6 is 34.4 Å². The Hall–Kier alpha value is -7.95. The number of likely N-dealkylation sites (N-methyl/N-ethyl adjacent to an activating group) is 1. The molecule has 518 valence electrons. The van der Waals surface area contributed by atoms with Crippen molar-refractivity contribution in [2.24, 2.45) is 35.5 Å². The molecule has 0 bridgehead atoms. The number of nitrogens with zero attached hydrogens (tertiary/aromatic N) is 2. The van der Waals surface area contributed by atoms with Crippen molar-refractivity contribution in [1.29, 1.82) is 0 Å². The number of hydrogen-bond acceptors (Lipinski definition) is 11. The molecule has 6 aromatic rings. The lowest BCUT2D eigenvalue weighted by Gasteiger charge is -2.13. The number of aryl methyl sites for hydroxylation is 2. The molecule has 20 heteroatoms. The standard InChI is InChI=1S/C12H14O2.C12H16O2.C11H13IO2.C10H13NO2.C10H12O2.C9H10O2.C6H12O2.C5H9NO2S/c1-8(12(13)14)11-6-9-4-2-3-5-10(9)7-11;1-3-11(12(13)14)8-10-6-4-9(2)5-7-10;1-2-9(11(13)14)7-8-3-5-10(12)6-4-8;1-2-8(10(12)13)7-9-5-3-4-6-11-9;1-2-9(10(11)12)8-6-4-3-5-7-8;1-2-7-5-3-4-6-8(7)9(10)11;1-3-5(4-2)6(7)8;1-6-3-9-2-4(6)5(7)8/h2-5,8,11H,6-7H2,1H3,(H,13,14);4-7,11H,3,8H2,1-2H3,(H,13,14);3-6,9H,2,7H2,1H3,(H,13,14);3-6,8H,2,7H2,1H3,(H,12,13);3-7,9H,2H2,1H3,(H,11,12);3-6H,2H2,1H3,(H,10,11);5H,3-4H2,1-2H3,(H,7,8);4H,2-3H2,1H3,(H,7,8)/t8-;11-;9-;8-;9-;;;4-/m00000..0/s1. The van der Waals surface area contributed by atoms with Gasteiger partial charge < -0.3 is 40.9 Å². The molecule has 0 unspecified atom stereocenters. The number of carbonyl (C=O) groups is 8. The van der Waals surface area contributed by atoms with Gasteiger partial charge in [-0.1, -0.05) is 176 Å². The van der Waals surface area contributed by atoms with Crippen molar-refractivity contribution in [2.75, 3.05) is 18.7 Å². The van der Waals surface area contributed by atoms with Crippen LogP contribution in [0.15, 0.2) is 152 Å². The predicted octanol–water partition coefficient (Wildman–Crippen LogP) is 15.2. The first-order valence-corrected chi connectivity index (χ1v) is 34.4. The highest BCUT2D eigenvalue weighted by Gasteiger charge is 2.30. The highest BCUT2D eigenvalue weighted by molar-refractivity contribution is 14.1. The summed E-state index contributed by atoms with van der Waals surface area (Å²) in [4.78, 5) is 90.9. The monoisotopic (exact) mass is 1440 g/mol. The van der Waals surface area contributed by atoms with Crippen molar-refractivity contribution in [2.45, 2.75) is 151 Å². The molecule has 2 aliphatic rings. The topological polar surface area (TPSA) is 315 Å². The van der Waals surface area contributed by atoms with Crippen LogP contribution in [0.5, 0.6) is 0 Å². The molecule has 0 spiro atoms. The number of carboxylic acid groups (broad SMARTS) is 8. The van der Waals surface area contributed by atoms with Gasteiger partial charge in [0.25, 0.3) is 0 Å². The van der Waals surface area contributed by atoms with Crippen molar-refractivity contribution >= 4 is 82.1 Å². The average molecular weight is 1440 g/mol. The summed E-state index contributed by atoms with van der Waals surface area (Å²) in [5.74, 6) is -5.47. The highest BCUT2D eigenvalue weighted by Crippen LogP contribution is 2.31. The summed E-state index contributed by atoms with van der Waals surface area (Å²) in [7, 11) is 1.83. The summed E-state index contributed by atoms with van der Waals surface area (Å²) < 4.78 is 1.18. The Labute approximate surface area is 578 Å². The molecule has 0 radical (unpaired) electrons. The number of carboxylic acids is 8. The molecule has 1 aliphatic heterocycles. The Balaban J connectivity index is 0.000000546. The molecule has 5 aromatic carbocycles. The Morgan fingerprint density at radius 1 is 0.516 bits per heavy atom. The number of fused-ring (bicyclic) bond motifs is 1. The number of halogens is 1. The maximum absolute atomic E-state index is 10.8. The number of aromatic nitrogens is 1. The van der Waals surface area contributed by atoms with E-state index >= 15 is 0 Å². The van der Waals surface area contributed by atoms with E-state index in [1.807, 2.05) is 189 Å². The second-order valence-electron chi connectivity index (χ2n) is 22.9. The number of aromatic carboxylic acids is 1. The van der Waals surface area contributed by atoms with E-state index in [1.54, 1.807) is 37.0 Å². The SMILES string of the molecule is CCC(CC)C(=O)O.CC[C@@H](Cc1ccc(C)cc1)C(=O)O.CC[C@@H](Cc1ccc(I)cc1)C(=O)O.CC[C@@H](Cc1ccccn1)C(=O)O.CC[C@H](C(=O)O)c1ccccc1.CCc1ccccc1C(=O)O.CN1CSC[C@H]1C(=O)O.C[C@H](C(=O)O)C1Cc2ccccc2C1. The second-order valence-corrected chi connectivity index (χ2v) is 25.2. The molecule has 0 amide bonds. The summed E-state index contributed by atoms with van der Waals surface area (Å²) in [5.41, 5.74) is 9.08. The zero-order chi connectivity index (χ0) is 71.6. The lowest BCUT2D eigenvalue weighted by Crippen LogP contribution is -2.34. The number of aliphatic carboxylic acids is 7. The van der Waals surface area contributed by atoms with E-state index in [0.717, 1.165) is 71.7 Å². The first kappa shape index (κ1) is 85.1. The van der Waals surface area contributed by atoms with Crippen LogP contribution in [-0.4, -0.2) is 123 Å². The van der Waals surface area contributed by atoms with Crippen LogP contribution in [0.25, 0.3) is 0 Å². The molecule has 1 saturated heterocycles. The van der Waals surface area contributed by atoms with Gasteiger partial charge in [0.15, 0.2) is 0 Å². The predicted molar refractivity (Wildman–Crippen MR) is 382 cm³/mol.